The Balaban J connectivity index is 0.000000333. The van der Waals surface area contributed by atoms with E-state index in [9.17, 15) is 4.91 Å². The average molecular weight is 383 g/mol. The lowest BCUT2D eigenvalue weighted by molar-refractivity contribution is 0.135. The highest BCUT2D eigenvalue weighted by Gasteiger charge is 2.06. The second-order valence-corrected chi connectivity index (χ2v) is 6.50. The van der Waals surface area contributed by atoms with Crippen LogP contribution in [-0.2, 0) is 10.6 Å². The van der Waals surface area contributed by atoms with E-state index >= 15 is 0 Å². The number of methoxy groups -OCH3 is 1. The lowest BCUT2D eigenvalue weighted by Crippen LogP contribution is -1.90. The Labute approximate surface area is 158 Å². The van der Waals surface area contributed by atoms with E-state index in [0.717, 1.165) is 29.9 Å². The summed E-state index contributed by atoms with van der Waals surface area (Å²) in [6.07, 6.45) is 4.77. The Morgan fingerprint density at radius 3 is 2.64 bits per heavy atom. The van der Waals surface area contributed by atoms with Gasteiger partial charge in [0.05, 0.1) is 17.0 Å². The standard InChI is InChI=1S/C13H12ClNOS.C5H11NO2/c1-16-13-12(7-11(14)8-15-13)17-9-10-5-3-2-4-6-10;1-2-3-4-5-8-6-7/h2-8H,9H2,1H3;2-5H2,1H3. The summed E-state index contributed by atoms with van der Waals surface area (Å²) < 4.78 is 5.20. The largest absolute Gasteiger partial charge is 0.480 e. The SMILES string of the molecule is CCCCCON=O.COc1ncc(Cl)cc1SCc1ccccc1. The maximum atomic E-state index is 9.30. The topological polar surface area (TPSA) is 60.8 Å². The molecule has 0 aliphatic rings. The number of halogens is 1. The normalized spacial score (nSPS) is 9.72. The van der Waals surface area contributed by atoms with Crippen LogP contribution in [0.15, 0.2) is 52.8 Å². The van der Waals surface area contributed by atoms with Crippen LogP contribution in [0.4, 0.5) is 0 Å². The maximum Gasteiger partial charge on any atom is 0.227 e. The number of rotatable bonds is 9. The summed E-state index contributed by atoms with van der Waals surface area (Å²) >= 11 is 7.59. The molecule has 0 amide bonds. The summed E-state index contributed by atoms with van der Waals surface area (Å²) in [7, 11) is 1.61. The Kier molecular flexibility index (Phi) is 11.5. The fourth-order valence-electron chi connectivity index (χ4n) is 1.85. The number of thioether (sulfide) groups is 1. The van der Waals surface area contributed by atoms with Crippen LogP contribution in [0.1, 0.15) is 31.7 Å². The first-order valence-electron chi connectivity index (χ1n) is 8.02. The zero-order valence-corrected chi connectivity index (χ0v) is 16.1. The summed E-state index contributed by atoms with van der Waals surface area (Å²) in [5, 5.41) is 2.88. The van der Waals surface area contributed by atoms with Gasteiger partial charge in [-0.25, -0.2) is 4.98 Å². The molecule has 0 bridgehead atoms. The molecule has 1 heterocycles. The number of pyridine rings is 1. The lowest BCUT2D eigenvalue weighted by atomic mass is 10.2. The van der Waals surface area contributed by atoms with E-state index in [2.05, 4.69) is 34.2 Å². The molecule has 1 aromatic heterocycles. The molecule has 2 aromatic rings. The van der Waals surface area contributed by atoms with Crippen molar-refractivity contribution >= 4 is 23.4 Å². The van der Waals surface area contributed by atoms with Gasteiger partial charge in [0, 0.05) is 11.9 Å². The zero-order valence-electron chi connectivity index (χ0n) is 14.5. The number of nitrogens with zero attached hydrogens (tertiary/aromatic N) is 2. The summed E-state index contributed by atoms with van der Waals surface area (Å²) in [6.45, 7) is 2.56. The molecule has 0 saturated carbocycles. The van der Waals surface area contributed by atoms with Gasteiger partial charge in [-0.3, -0.25) is 0 Å². The molecule has 136 valence electrons. The van der Waals surface area contributed by atoms with Gasteiger partial charge in [0.25, 0.3) is 0 Å². The van der Waals surface area contributed by atoms with Crippen LogP contribution >= 0.6 is 23.4 Å². The predicted octanol–water partition coefficient (Wildman–Crippen LogP) is 5.91. The summed E-state index contributed by atoms with van der Waals surface area (Å²) in [6, 6.07) is 12.1. The summed E-state index contributed by atoms with van der Waals surface area (Å²) in [5.41, 5.74) is 1.26. The third kappa shape index (κ3) is 9.31. The van der Waals surface area contributed by atoms with E-state index in [1.54, 1.807) is 25.1 Å². The Morgan fingerprint density at radius 2 is 2.00 bits per heavy atom. The van der Waals surface area contributed by atoms with Crippen molar-refractivity contribution in [2.24, 2.45) is 5.34 Å². The Hall–Kier alpha value is -1.79. The third-order valence-electron chi connectivity index (χ3n) is 3.11. The molecule has 25 heavy (non-hydrogen) atoms. The molecule has 0 fully saturated rings. The second kappa shape index (κ2) is 13.5. The quantitative estimate of drug-likeness (QED) is 0.233. The first-order valence-corrected chi connectivity index (χ1v) is 9.38. The van der Waals surface area contributed by atoms with E-state index in [1.807, 2.05) is 24.3 Å². The van der Waals surface area contributed by atoms with Crippen LogP contribution in [0.25, 0.3) is 0 Å². The molecule has 5 nitrogen and oxygen atoms in total. The number of unbranched alkanes of at least 4 members (excludes halogenated alkanes) is 2. The van der Waals surface area contributed by atoms with Gasteiger partial charge in [-0.1, -0.05) is 61.7 Å². The molecule has 0 unspecified atom stereocenters. The van der Waals surface area contributed by atoms with Crippen LogP contribution in [-0.4, -0.2) is 18.7 Å². The van der Waals surface area contributed by atoms with Crippen LogP contribution in [0.3, 0.4) is 0 Å². The Morgan fingerprint density at radius 1 is 1.24 bits per heavy atom. The minimum Gasteiger partial charge on any atom is -0.480 e. The van der Waals surface area contributed by atoms with E-state index in [4.69, 9.17) is 16.3 Å². The van der Waals surface area contributed by atoms with Crippen LogP contribution in [0.2, 0.25) is 5.02 Å². The molecule has 0 saturated heterocycles. The smallest absolute Gasteiger partial charge is 0.227 e. The van der Waals surface area contributed by atoms with Crippen molar-refractivity contribution in [2.75, 3.05) is 13.7 Å². The van der Waals surface area contributed by atoms with Gasteiger partial charge < -0.3 is 9.57 Å². The highest BCUT2D eigenvalue weighted by Crippen LogP contribution is 2.31. The fraction of sp³-hybridized carbons (Fsp3) is 0.389. The molecule has 1 aromatic carbocycles. The molecule has 0 aliphatic carbocycles. The third-order valence-corrected chi connectivity index (χ3v) is 4.40. The van der Waals surface area contributed by atoms with Crippen molar-refractivity contribution in [3.63, 3.8) is 0 Å². The molecule has 2 rings (SSSR count). The molecular weight excluding hydrogens is 360 g/mol. The minimum atomic E-state index is 0.470. The van der Waals surface area contributed by atoms with Crippen LogP contribution < -0.4 is 4.74 Å². The number of hydrogen-bond donors (Lipinski definition) is 0. The fourth-order valence-corrected chi connectivity index (χ4v) is 3.06. The maximum absolute atomic E-state index is 9.30. The monoisotopic (exact) mass is 382 g/mol. The number of hydrogen-bond acceptors (Lipinski definition) is 6. The van der Waals surface area contributed by atoms with Gasteiger partial charge >= 0.3 is 0 Å². The highest BCUT2D eigenvalue weighted by atomic mass is 35.5. The van der Waals surface area contributed by atoms with Gasteiger partial charge in [-0.15, -0.1) is 16.7 Å². The first-order chi connectivity index (χ1) is 12.2. The summed E-state index contributed by atoms with van der Waals surface area (Å²) in [4.78, 5) is 18.6. The zero-order chi connectivity index (χ0) is 18.3. The van der Waals surface area contributed by atoms with E-state index in [-0.39, 0.29) is 0 Å². The average Bonchev–Trinajstić information content (AvgIpc) is 2.65. The van der Waals surface area contributed by atoms with Crippen molar-refractivity contribution in [3.05, 3.63) is 58.1 Å². The van der Waals surface area contributed by atoms with Crippen molar-refractivity contribution in [3.8, 4) is 5.88 Å². The number of aromatic nitrogens is 1. The van der Waals surface area contributed by atoms with Gasteiger partial charge in [0.15, 0.2) is 5.34 Å². The first kappa shape index (κ1) is 21.3. The molecule has 7 heteroatoms. The molecule has 0 radical (unpaired) electrons. The minimum absolute atomic E-state index is 0.470. The molecule has 0 atom stereocenters. The van der Waals surface area contributed by atoms with Gasteiger partial charge in [0.2, 0.25) is 5.88 Å². The van der Waals surface area contributed by atoms with Crippen LogP contribution in [0.5, 0.6) is 5.88 Å². The summed E-state index contributed by atoms with van der Waals surface area (Å²) in [5.74, 6) is 1.49. The van der Waals surface area contributed by atoms with Crippen molar-refractivity contribution < 1.29 is 9.57 Å². The van der Waals surface area contributed by atoms with Crippen molar-refractivity contribution in [1.82, 2.24) is 4.98 Å². The Bertz CT molecular complexity index is 615. The highest BCUT2D eigenvalue weighted by molar-refractivity contribution is 7.98. The second-order valence-electron chi connectivity index (χ2n) is 5.05. The predicted molar refractivity (Wildman–Crippen MR) is 103 cm³/mol. The number of benzene rings is 1. The van der Waals surface area contributed by atoms with Crippen molar-refractivity contribution in [2.45, 2.75) is 36.8 Å². The van der Waals surface area contributed by atoms with Gasteiger partial charge in [-0.05, 0) is 18.1 Å². The number of ether oxygens (including phenoxy) is 1. The lowest BCUT2D eigenvalue weighted by Gasteiger charge is -2.07. The van der Waals surface area contributed by atoms with Crippen LogP contribution in [0, 0.1) is 4.91 Å². The van der Waals surface area contributed by atoms with Gasteiger partial charge in [0.1, 0.15) is 6.61 Å². The molecule has 0 spiro atoms. The molecule has 0 aliphatic heterocycles. The van der Waals surface area contributed by atoms with Gasteiger partial charge in [-0.2, -0.15) is 0 Å². The molecular formula is C18H23ClN2O3S. The van der Waals surface area contributed by atoms with E-state index < -0.39 is 0 Å². The van der Waals surface area contributed by atoms with E-state index in [0.29, 0.717) is 17.5 Å². The molecule has 0 N–H and O–H groups in total. The van der Waals surface area contributed by atoms with Crippen molar-refractivity contribution in [1.29, 1.82) is 0 Å². The van der Waals surface area contributed by atoms with E-state index in [1.165, 1.54) is 5.56 Å².